The van der Waals surface area contributed by atoms with Crippen LogP contribution in [0.1, 0.15) is 28.7 Å². The van der Waals surface area contributed by atoms with E-state index in [1.54, 1.807) is 24.3 Å². The third-order valence-electron chi connectivity index (χ3n) is 5.10. The maximum atomic E-state index is 12.5. The molecule has 3 rings (SSSR count). The van der Waals surface area contributed by atoms with E-state index in [1.807, 2.05) is 31.2 Å². The van der Waals surface area contributed by atoms with E-state index in [2.05, 4.69) is 17.5 Å². The van der Waals surface area contributed by atoms with Gasteiger partial charge in [0, 0.05) is 10.9 Å². The first-order chi connectivity index (χ1) is 13.0. The number of ether oxygens (including phenoxy) is 1. The lowest BCUT2D eigenvalue weighted by atomic mass is 9.68. The molecule has 0 amide bonds. The van der Waals surface area contributed by atoms with E-state index < -0.39 is 29.4 Å². The van der Waals surface area contributed by atoms with Crippen molar-refractivity contribution >= 4 is 17.6 Å². The second-order valence-electron chi connectivity index (χ2n) is 6.60. The topological polar surface area (TPSA) is 85.9 Å². The maximum Gasteiger partial charge on any atom is 0.323 e. The number of nitrogens with one attached hydrogen (secondary N) is 1. The summed E-state index contributed by atoms with van der Waals surface area (Å²) < 4.78 is 4.95. The molecule has 1 saturated heterocycles. The van der Waals surface area contributed by atoms with Crippen molar-refractivity contribution in [2.45, 2.75) is 24.9 Å². The van der Waals surface area contributed by atoms with Gasteiger partial charge in [0.05, 0.1) is 25.3 Å². The van der Waals surface area contributed by atoms with Crippen LogP contribution in [0.5, 0.6) is 0 Å². The summed E-state index contributed by atoms with van der Waals surface area (Å²) in [5.41, 5.74) is 0.840. The molecule has 0 unspecified atom stereocenters. The van der Waals surface area contributed by atoms with Gasteiger partial charge in [-0.3, -0.25) is 10.1 Å². The molecule has 2 aromatic carbocycles. The van der Waals surface area contributed by atoms with Gasteiger partial charge < -0.3 is 4.74 Å². The lowest BCUT2D eigenvalue weighted by molar-refractivity contribution is -0.143. The van der Waals surface area contributed by atoms with E-state index in [-0.39, 0.29) is 0 Å². The number of benzene rings is 2. The van der Waals surface area contributed by atoms with Crippen molar-refractivity contribution in [1.29, 1.82) is 10.5 Å². The Bertz CT molecular complexity index is 929. The second-order valence-corrected chi connectivity index (χ2v) is 7.01. The molecule has 2 aromatic rings. The van der Waals surface area contributed by atoms with Crippen LogP contribution in [0.25, 0.3) is 0 Å². The van der Waals surface area contributed by atoms with Crippen LogP contribution in [0, 0.1) is 35.0 Å². The highest BCUT2D eigenvalue weighted by Crippen LogP contribution is 2.53. The quantitative estimate of drug-likeness (QED) is 0.822. The van der Waals surface area contributed by atoms with Gasteiger partial charge >= 0.3 is 5.97 Å². The van der Waals surface area contributed by atoms with Crippen LogP contribution in [-0.2, 0) is 9.53 Å². The van der Waals surface area contributed by atoms with Crippen LogP contribution in [0.15, 0.2) is 48.5 Å². The highest BCUT2D eigenvalue weighted by molar-refractivity contribution is 6.31. The number of esters is 1. The van der Waals surface area contributed by atoms with Crippen LogP contribution in [0.3, 0.4) is 0 Å². The van der Waals surface area contributed by atoms with Crippen LogP contribution in [0.2, 0.25) is 5.02 Å². The fraction of sp³-hybridized carbons (Fsp3) is 0.286. The zero-order valence-corrected chi connectivity index (χ0v) is 15.7. The van der Waals surface area contributed by atoms with Crippen LogP contribution in [-0.4, -0.2) is 19.1 Å². The molecule has 1 fully saturated rings. The molecule has 0 aromatic heterocycles. The molecule has 1 aliphatic heterocycles. The average molecular weight is 380 g/mol. The van der Waals surface area contributed by atoms with Crippen LogP contribution < -0.4 is 5.32 Å². The number of rotatable bonds is 3. The molecule has 0 spiro atoms. The lowest BCUT2D eigenvalue weighted by Gasteiger charge is -2.28. The molecule has 1 heterocycles. The Morgan fingerprint density at radius 3 is 2.33 bits per heavy atom. The molecule has 27 heavy (non-hydrogen) atoms. The highest BCUT2D eigenvalue weighted by Gasteiger charge is 2.60. The van der Waals surface area contributed by atoms with E-state index >= 15 is 0 Å². The standard InChI is InChI=1S/C21H18ClN3O2/c1-13-7-9-14(10-8-13)17-18(20(26)27-2)25-19(21(17,11-23)12-24)15-5-3-4-6-16(15)22/h3-10,17-19,25H,1-2H3/t17-,18+,19-/m0/s1. The first kappa shape index (κ1) is 18.9. The second kappa shape index (κ2) is 7.40. The molecule has 1 N–H and O–H groups in total. The zero-order valence-electron chi connectivity index (χ0n) is 14.9. The third kappa shape index (κ3) is 3.06. The maximum absolute atomic E-state index is 12.5. The fourth-order valence-electron chi connectivity index (χ4n) is 3.75. The summed E-state index contributed by atoms with van der Waals surface area (Å²) in [5, 5.41) is 23.8. The normalized spacial score (nSPS) is 23.2. The fourth-order valence-corrected chi connectivity index (χ4v) is 3.99. The number of nitrogens with zero attached hydrogens (tertiary/aromatic N) is 2. The van der Waals surface area contributed by atoms with Gasteiger partial charge in [0.25, 0.3) is 0 Å². The number of carbonyl (C=O) groups excluding carboxylic acids is 1. The number of aryl methyl sites for hydroxylation is 1. The van der Waals surface area contributed by atoms with Gasteiger partial charge in [-0.1, -0.05) is 59.6 Å². The van der Waals surface area contributed by atoms with Gasteiger partial charge in [-0.15, -0.1) is 0 Å². The molecule has 0 aliphatic carbocycles. The van der Waals surface area contributed by atoms with Crippen LogP contribution in [0.4, 0.5) is 0 Å². The number of nitriles is 2. The minimum absolute atomic E-state index is 0.429. The van der Waals surface area contributed by atoms with Crippen molar-refractivity contribution in [1.82, 2.24) is 5.32 Å². The van der Waals surface area contributed by atoms with Gasteiger partial charge in [-0.2, -0.15) is 10.5 Å². The Balaban J connectivity index is 2.22. The first-order valence-corrected chi connectivity index (χ1v) is 8.83. The van der Waals surface area contributed by atoms with Gasteiger partial charge in [0.1, 0.15) is 6.04 Å². The molecule has 0 radical (unpaired) electrons. The minimum atomic E-state index is -1.53. The number of halogens is 1. The summed E-state index contributed by atoms with van der Waals surface area (Å²) in [6.45, 7) is 1.95. The first-order valence-electron chi connectivity index (χ1n) is 8.46. The highest BCUT2D eigenvalue weighted by atomic mass is 35.5. The molecule has 1 aliphatic rings. The summed E-state index contributed by atoms with van der Waals surface area (Å²) in [6.07, 6.45) is 0. The van der Waals surface area contributed by atoms with Crippen molar-refractivity contribution in [3.8, 4) is 12.1 Å². The summed E-state index contributed by atoms with van der Waals surface area (Å²) in [7, 11) is 1.29. The van der Waals surface area contributed by atoms with Crippen molar-refractivity contribution in [3.63, 3.8) is 0 Å². The van der Waals surface area contributed by atoms with E-state index in [0.29, 0.717) is 10.6 Å². The SMILES string of the molecule is COC(=O)[C@@H]1N[C@@H](c2ccccc2Cl)C(C#N)(C#N)[C@H]1c1ccc(C)cc1. The van der Waals surface area contributed by atoms with Crippen LogP contribution >= 0.6 is 11.6 Å². The molecule has 136 valence electrons. The van der Waals surface area contributed by atoms with Crippen molar-refractivity contribution < 1.29 is 9.53 Å². The molecule has 0 saturated carbocycles. The van der Waals surface area contributed by atoms with Crippen molar-refractivity contribution in [2.75, 3.05) is 7.11 Å². The summed E-state index contributed by atoms with van der Waals surface area (Å²) >= 11 is 6.35. The van der Waals surface area contributed by atoms with Gasteiger partial charge in [-0.05, 0) is 24.1 Å². The Morgan fingerprint density at radius 2 is 1.78 bits per heavy atom. The number of methoxy groups -OCH3 is 1. The molecule has 0 bridgehead atoms. The smallest absolute Gasteiger partial charge is 0.323 e. The summed E-state index contributed by atoms with van der Waals surface area (Å²) in [5.74, 6) is -1.23. The Kier molecular flexibility index (Phi) is 5.19. The van der Waals surface area contributed by atoms with Gasteiger partial charge in [-0.25, -0.2) is 0 Å². The Morgan fingerprint density at radius 1 is 1.15 bits per heavy atom. The Hall–Kier alpha value is -2.86. The van der Waals surface area contributed by atoms with Crippen molar-refractivity contribution in [3.05, 3.63) is 70.2 Å². The molecular weight excluding hydrogens is 362 g/mol. The number of carbonyl (C=O) groups is 1. The minimum Gasteiger partial charge on any atom is -0.468 e. The van der Waals surface area contributed by atoms with Gasteiger partial charge in [0.2, 0.25) is 0 Å². The van der Waals surface area contributed by atoms with Crippen molar-refractivity contribution in [2.24, 2.45) is 5.41 Å². The molecule has 5 nitrogen and oxygen atoms in total. The van der Waals surface area contributed by atoms with Gasteiger partial charge in [0.15, 0.2) is 5.41 Å². The monoisotopic (exact) mass is 379 g/mol. The average Bonchev–Trinajstić information content (AvgIpc) is 3.03. The molecular formula is C21H18ClN3O2. The third-order valence-corrected chi connectivity index (χ3v) is 5.45. The zero-order chi connectivity index (χ0) is 19.6. The Labute approximate surface area is 163 Å². The predicted molar refractivity (Wildman–Crippen MR) is 101 cm³/mol. The molecule has 6 heteroatoms. The van der Waals surface area contributed by atoms with E-state index in [1.165, 1.54) is 7.11 Å². The lowest BCUT2D eigenvalue weighted by Crippen LogP contribution is -2.37. The molecule has 3 atom stereocenters. The van der Waals surface area contributed by atoms with E-state index in [0.717, 1.165) is 11.1 Å². The summed E-state index contributed by atoms with van der Waals surface area (Å²) in [4.78, 5) is 12.5. The van der Waals surface area contributed by atoms with E-state index in [4.69, 9.17) is 16.3 Å². The van der Waals surface area contributed by atoms with E-state index in [9.17, 15) is 15.3 Å². The predicted octanol–water partition coefficient (Wildman–Crippen LogP) is 3.65. The number of hydrogen-bond donors (Lipinski definition) is 1. The number of hydrogen-bond acceptors (Lipinski definition) is 5. The summed E-state index contributed by atoms with van der Waals surface area (Å²) in [6, 6.07) is 17.3. The largest absolute Gasteiger partial charge is 0.468 e.